The maximum atomic E-state index is 5.61. The minimum absolute atomic E-state index is 0.506. The first-order valence-corrected chi connectivity index (χ1v) is 6.60. The Labute approximate surface area is 122 Å². The van der Waals surface area contributed by atoms with E-state index >= 15 is 0 Å². The van der Waals surface area contributed by atoms with Crippen LogP contribution in [0.3, 0.4) is 0 Å². The molecule has 0 saturated heterocycles. The zero-order chi connectivity index (χ0) is 14.7. The van der Waals surface area contributed by atoms with Crippen molar-refractivity contribution < 1.29 is 13.9 Å². The number of benzene rings is 2. The highest BCUT2D eigenvalue weighted by Crippen LogP contribution is 2.28. The summed E-state index contributed by atoms with van der Waals surface area (Å²) < 4.78 is 16.1. The summed E-state index contributed by atoms with van der Waals surface area (Å²) in [6.07, 6.45) is 0. The van der Waals surface area contributed by atoms with Crippen molar-refractivity contribution in [1.29, 1.82) is 0 Å². The van der Waals surface area contributed by atoms with Gasteiger partial charge >= 0.3 is 0 Å². The summed E-state index contributed by atoms with van der Waals surface area (Å²) in [7, 11) is 3.24. The van der Waals surface area contributed by atoms with Gasteiger partial charge in [-0.1, -0.05) is 18.2 Å². The second-order valence-electron chi connectivity index (χ2n) is 4.53. The predicted molar refractivity (Wildman–Crippen MR) is 80.9 cm³/mol. The van der Waals surface area contributed by atoms with Crippen LogP contribution in [0, 0.1) is 0 Å². The van der Waals surface area contributed by atoms with Crippen LogP contribution in [0.5, 0.6) is 11.5 Å². The van der Waals surface area contributed by atoms with E-state index in [1.807, 2.05) is 42.5 Å². The molecule has 0 aliphatic carbocycles. The fraction of sp³-hybridized carbons (Fsp3) is 0.188. The highest BCUT2D eigenvalue weighted by molar-refractivity contribution is 5.74. The van der Waals surface area contributed by atoms with E-state index in [1.54, 1.807) is 14.2 Å². The van der Waals surface area contributed by atoms with Crippen LogP contribution in [-0.2, 0) is 6.54 Å². The van der Waals surface area contributed by atoms with Crippen molar-refractivity contribution in [3.63, 3.8) is 0 Å². The van der Waals surface area contributed by atoms with Crippen LogP contribution in [0.15, 0.2) is 46.9 Å². The molecule has 5 heteroatoms. The first kappa shape index (κ1) is 13.3. The number of nitrogens with one attached hydrogen (secondary N) is 1. The van der Waals surface area contributed by atoms with Crippen molar-refractivity contribution in [3.8, 4) is 11.5 Å². The third-order valence-electron chi connectivity index (χ3n) is 3.19. The molecule has 1 aromatic heterocycles. The second-order valence-corrected chi connectivity index (χ2v) is 4.53. The van der Waals surface area contributed by atoms with E-state index < -0.39 is 0 Å². The van der Waals surface area contributed by atoms with Crippen LogP contribution in [-0.4, -0.2) is 19.2 Å². The molecule has 108 valence electrons. The number of hydrogen-bond acceptors (Lipinski definition) is 5. The van der Waals surface area contributed by atoms with Crippen molar-refractivity contribution in [2.45, 2.75) is 6.54 Å². The number of aromatic nitrogens is 1. The Morgan fingerprint density at radius 2 is 1.86 bits per heavy atom. The molecule has 0 saturated carbocycles. The van der Waals surface area contributed by atoms with Gasteiger partial charge in [0.2, 0.25) is 0 Å². The van der Waals surface area contributed by atoms with Gasteiger partial charge in [0.1, 0.15) is 5.52 Å². The number of nitrogens with zero attached hydrogens (tertiary/aromatic N) is 1. The van der Waals surface area contributed by atoms with E-state index in [-0.39, 0.29) is 0 Å². The Morgan fingerprint density at radius 3 is 2.62 bits per heavy atom. The van der Waals surface area contributed by atoms with Crippen LogP contribution in [0.4, 0.5) is 6.01 Å². The molecule has 0 radical (unpaired) electrons. The molecule has 0 bridgehead atoms. The van der Waals surface area contributed by atoms with Crippen LogP contribution in [0.1, 0.15) is 5.56 Å². The van der Waals surface area contributed by atoms with Crippen molar-refractivity contribution in [2.75, 3.05) is 19.5 Å². The fourth-order valence-corrected chi connectivity index (χ4v) is 2.12. The van der Waals surface area contributed by atoms with Gasteiger partial charge in [-0.15, -0.1) is 0 Å². The molecule has 0 spiro atoms. The topological polar surface area (TPSA) is 56.5 Å². The van der Waals surface area contributed by atoms with Crippen molar-refractivity contribution in [2.24, 2.45) is 0 Å². The molecule has 0 fully saturated rings. The lowest BCUT2D eigenvalue weighted by atomic mass is 10.2. The van der Waals surface area contributed by atoms with Gasteiger partial charge in [-0.05, 0) is 29.8 Å². The Hall–Kier alpha value is -2.69. The zero-order valence-electron chi connectivity index (χ0n) is 11.9. The molecule has 1 N–H and O–H groups in total. The molecular formula is C16H16N2O3. The van der Waals surface area contributed by atoms with E-state index in [9.17, 15) is 0 Å². The number of para-hydroxylation sites is 2. The first-order valence-electron chi connectivity index (χ1n) is 6.60. The Kier molecular flexibility index (Phi) is 3.64. The van der Waals surface area contributed by atoms with E-state index in [4.69, 9.17) is 13.9 Å². The van der Waals surface area contributed by atoms with Gasteiger partial charge in [-0.3, -0.25) is 0 Å². The average molecular weight is 284 g/mol. The number of fused-ring (bicyclic) bond motifs is 1. The van der Waals surface area contributed by atoms with Gasteiger partial charge in [-0.2, -0.15) is 4.98 Å². The molecule has 0 amide bonds. The Bertz CT molecular complexity index is 719. The summed E-state index contributed by atoms with van der Waals surface area (Å²) in [5, 5.41) is 3.17. The molecule has 0 aliphatic heterocycles. The maximum Gasteiger partial charge on any atom is 0.295 e. The van der Waals surface area contributed by atoms with Gasteiger partial charge in [-0.25, -0.2) is 0 Å². The largest absolute Gasteiger partial charge is 0.493 e. The molecule has 0 aliphatic rings. The lowest BCUT2D eigenvalue weighted by molar-refractivity contribution is 0.354. The number of hydrogen-bond donors (Lipinski definition) is 1. The van der Waals surface area contributed by atoms with Crippen LogP contribution < -0.4 is 14.8 Å². The fourth-order valence-electron chi connectivity index (χ4n) is 2.12. The van der Waals surface area contributed by atoms with Gasteiger partial charge in [0, 0.05) is 6.54 Å². The summed E-state index contributed by atoms with van der Waals surface area (Å²) >= 11 is 0. The van der Waals surface area contributed by atoms with E-state index in [0.29, 0.717) is 24.1 Å². The van der Waals surface area contributed by atoms with Gasteiger partial charge in [0.15, 0.2) is 17.1 Å². The Morgan fingerprint density at radius 1 is 1.05 bits per heavy atom. The third kappa shape index (κ3) is 2.76. The van der Waals surface area contributed by atoms with Crippen LogP contribution >= 0.6 is 0 Å². The molecule has 0 atom stereocenters. The summed E-state index contributed by atoms with van der Waals surface area (Å²) in [5.41, 5.74) is 2.66. The monoisotopic (exact) mass is 284 g/mol. The lowest BCUT2D eigenvalue weighted by Gasteiger charge is -2.09. The van der Waals surface area contributed by atoms with E-state index in [2.05, 4.69) is 10.3 Å². The molecule has 0 unspecified atom stereocenters. The van der Waals surface area contributed by atoms with E-state index in [0.717, 1.165) is 16.7 Å². The first-order chi connectivity index (χ1) is 10.3. The minimum Gasteiger partial charge on any atom is -0.493 e. The summed E-state index contributed by atoms with van der Waals surface area (Å²) in [5.74, 6) is 1.41. The molecule has 2 aromatic carbocycles. The van der Waals surface area contributed by atoms with Gasteiger partial charge in [0.25, 0.3) is 6.01 Å². The quantitative estimate of drug-likeness (QED) is 0.777. The predicted octanol–water partition coefficient (Wildman–Crippen LogP) is 3.46. The number of methoxy groups -OCH3 is 2. The maximum absolute atomic E-state index is 5.61. The van der Waals surface area contributed by atoms with Crippen molar-refractivity contribution in [3.05, 3.63) is 48.0 Å². The second kappa shape index (κ2) is 5.75. The molecule has 3 rings (SSSR count). The average Bonchev–Trinajstić information content (AvgIpc) is 2.95. The summed E-state index contributed by atoms with van der Waals surface area (Å²) in [6, 6.07) is 13.9. The standard InChI is InChI=1S/C16H16N2O3/c1-19-14-8-7-11(9-15(14)20-2)10-17-16-18-12-5-3-4-6-13(12)21-16/h3-9H,10H2,1-2H3,(H,17,18). The summed E-state index contributed by atoms with van der Waals surface area (Å²) in [4.78, 5) is 4.37. The Balaban J connectivity index is 1.75. The molecule has 3 aromatic rings. The molecule has 1 heterocycles. The summed E-state index contributed by atoms with van der Waals surface area (Å²) in [6.45, 7) is 0.590. The van der Waals surface area contributed by atoms with Crippen LogP contribution in [0.25, 0.3) is 11.1 Å². The minimum atomic E-state index is 0.506. The number of anilines is 1. The highest BCUT2D eigenvalue weighted by atomic mass is 16.5. The number of oxazole rings is 1. The SMILES string of the molecule is COc1ccc(CNc2nc3ccccc3o2)cc1OC. The molecule has 21 heavy (non-hydrogen) atoms. The lowest BCUT2D eigenvalue weighted by Crippen LogP contribution is -2.00. The van der Waals surface area contributed by atoms with Crippen molar-refractivity contribution >= 4 is 17.1 Å². The number of ether oxygens (including phenoxy) is 2. The van der Waals surface area contributed by atoms with Gasteiger partial charge in [0.05, 0.1) is 14.2 Å². The highest BCUT2D eigenvalue weighted by Gasteiger charge is 2.07. The molecule has 5 nitrogen and oxygen atoms in total. The zero-order valence-corrected chi connectivity index (χ0v) is 11.9. The van der Waals surface area contributed by atoms with E-state index in [1.165, 1.54) is 0 Å². The van der Waals surface area contributed by atoms with Crippen LogP contribution in [0.2, 0.25) is 0 Å². The third-order valence-corrected chi connectivity index (χ3v) is 3.19. The smallest absolute Gasteiger partial charge is 0.295 e. The molecular weight excluding hydrogens is 268 g/mol. The van der Waals surface area contributed by atoms with Crippen molar-refractivity contribution in [1.82, 2.24) is 4.98 Å². The normalized spacial score (nSPS) is 10.6. The van der Waals surface area contributed by atoms with Gasteiger partial charge < -0.3 is 19.2 Å². The number of rotatable bonds is 5.